The second kappa shape index (κ2) is 11.1. The number of aromatic nitrogens is 1. The van der Waals surface area contributed by atoms with Gasteiger partial charge in [-0.3, -0.25) is 9.52 Å². The molecule has 0 bridgehead atoms. The molecule has 1 aromatic carbocycles. The van der Waals surface area contributed by atoms with E-state index < -0.39 is 27.9 Å². The largest absolute Gasteiger partial charge is 0.372 e. The van der Waals surface area contributed by atoms with Gasteiger partial charge in [0, 0.05) is 31.7 Å². The van der Waals surface area contributed by atoms with Crippen LogP contribution in [0.5, 0.6) is 0 Å². The standard InChI is InChI=1S/C19H22ClFN4O4S.ClH/c1-30(27,28)25-16-3-2-6-23-17(16)19(26)24-11-13-10-22-7-8-29-18(13)12-4-5-14(20)15(21)9-12;/h2-6,9,13,18,22,25H,7-8,10-11H2,1H3,(H,24,26);1H/t13-,18-;/m0./s1. The average molecular weight is 493 g/mol. The van der Waals surface area contributed by atoms with Crippen molar-refractivity contribution in [3.8, 4) is 0 Å². The fourth-order valence-electron chi connectivity index (χ4n) is 3.20. The second-order valence-corrected chi connectivity index (χ2v) is 9.07. The minimum Gasteiger partial charge on any atom is -0.372 e. The smallest absolute Gasteiger partial charge is 0.272 e. The number of carbonyl (C=O) groups excluding carboxylic acids is 1. The number of sulfonamides is 1. The van der Waals surface area contributed by atoms with Crippen LogP contribution >= 0.6 is 24.0 Å². The van der Waals surface area contributed by atoms with Gasteiger partial charge in [0.1, 0.15) is 5.82 Å². The molecule has 2 atom stereocenters. The normalized spacial score (nSPS) is 19.1. The molecule has 0 aliphatic carbocycles. The van der Waals surface area contributed by atoms with Crippen LogP contribution in [0.2, 0.25) is 5.02 Å². The third-order valence-corrected chi connectivity index (χ3v) is 5.42. The number of nitrogens with zero attached hydrogens (tertiary/aromatic N) is 1. The highest BCUT2D eigenvalue weighted by Gasteiger charge is 2.28. The minimum atomic E-state index is -3.57. The molecular weight excluding hydrogens is 470 g/mol. The first-order valence-electron chi connectivity index (χ1n) is 9.23. The molecule has 8 nitrogen and oxygen atoms in total. The minimum absolute atomic E-state index is 0. The first-order valence-corrected chi connectivity index (χ1v) is 11.5. The van der Waals surface area contributed by atoms with Gasteiger partial charge in [0.05, 0.1) is 29.7 Å². The molecule has 1 fully saturated rings. The van der Waals surface area contributed by atoms with E-state index in [-0.39, 0.29) is 41.3 Å². The van der Waals surface area contributed by atoms with Crippen LogP contribution in [-0.2, 0) is 14.8 Å². The number of hydrogen-bond donors (Lipinski definition) is 3. The van der Waals surface area contributed by atoms with Gasteiger partial charge in [-0.2, -0.15) is 0 Å². The van der Waals surface area contributed by atoms with Crippen LogP contribution in [-0.4, -0.2) is 51.8 Å². The van der Waals surface area contributed by atoms with Crippen molar-refractivity contribution in [1.29, 1.82) is 0 Å². The first-order chi connectivity index (χ1) is 14.2. The summed E-state index contributed by atoms with van der Waals surface area (Å²) in [6, 6.07) is 7.49. The molecule has 2 aromatic rings. The fraction of sp³-hybridized carbons (Fsp3) is 0.368. The predicted molar refractivity (Wildman–Crippen MR) is 119 cm³/mol. The highest BCUT2D eigenvalue weighted by atomic mass is 35.5. The zero-order valence-electron chi connectivity index (χ0n) is 16.6. The molecule has 1 aromatic heterocycles. The molecule has 1 amide bonds. The van der Waals surface area contributed by atoms with Gasteiger partial charge in [-0.25, -0.2) is 17.8 Å². The van der Waals surface area contributed by atoms with Gasteiger partial charge < -0.3 is 15.4 Å². The summed E-state index contributed by atoms with van der Waals surface area (Å²) < 4.78 is 45.2. The van der Waals surface area contributed by atoms with Gasteiger partial charge in [0.25, 0.3) is 5.91 Å². The quantitative estimate of drug-likeness (QED) is 0.570. The fourth-order valence-corrected chi connectivity index (χ4v) is 3.88. The van der Waals surface area contributed by atoms with E-state index in [0.29, 0.717) is 25.3 Å². The number of amides is 1. The topological polar surface area (TPSA) is 109 Å². The molecule has 2 heterocycles. The van der Waals surface area contributed by atoms with Gasteiger partial charge in [-0.15, -0.1) is 12.4 Å². The number of anilines is 1. The number of ether oxygens (including phenoxy) is 1. The lowest BCUT2D eigenvalue weighted by Gasteiger charge is -2.25. The number of benzene rings is 1. The van der Waals surface area contributed by atoms with E-state index in [1.807, 2.05) is 0 Å². The number of halogens is 3. The molecule has 12 heteroatoms. The van der Waals surface area contributed by atoms with Gasteiger partial charge in [-0.05, 0) is 29.8 Å². The lowest BCUT2D eigenvalue weighted by Crippen LogP contribution is -2.37. The number of hydrogen-bond acceptors (Lipinski definition) is 6. The number of carbonyl (C=O) groups is 1. The Kier molecular flexibility index (Phi) is 9.01. The van der Waals surface area contributed by atoms with Crippen molar-refractivity contribution in [3.63, 3.8) is 0 Å². The van der Waals surface area contributed by atoms with E-state index in [1.165, 1.54) is 30.5 Å². The van der Waals surface area contributed by atoms with Crippen LogP contribution in [0.25, 0.3) is 0 Å². The third-order valence-electron chi connectivity index (χ3n) is 4.53. The number of nitrogens with one attached hydrogen (secondary N) is 3. The maximum atomic E-state index is 13.9. The first kappa shape index (κ1) is 25.3. The Morgan fingerprint density at radius 3 is 2.87 bits per heavy atom. The van der Waals surface area contributed by atoms with Crippen molar-refractivity contribution in [2.75, 3.05) is 37.2 Å². The van der Waals surface area contributed by atoms with Crippen molar-refractivity contribution in [2.24, 2.45) is 5.92 Å². The molecular formula is C19H23Cl2FN4O4S. The summed E-state index contributed by atoms with van der Waals surface area (Å²) in [6.45, 7) is 1.79. The molecule has 0 spiro atoms. The van der Waals surface area contributed by atoms with Crippen LogP contribution in [0, 0.1) is 11.7 Å². The Morgan fingerprint density at radius 2 is 2.16 bits per heavy atom. The van der Waals surface area contributed by atoms with Crippen LogP contribution in [0.4, 0.5) is 10.1 Å². The Bertz CT molecular complexity index is 1030. The van der Waals surface area contributed by atoms with Crippen LogP contribution < -0.4 is 15.4 Å². The highest BCUT2D eigenvalue weighted by molar-refractivity contribution is 7.92. The van der Waals surface area contributed by atoms with Gasteiger partial charge in [-0.1, -0.05) is 17.7 Å². The van der Waals surface area contributed by atoms with E-state index in [0.717, 1.165) is 6.26 Å². The van der Waals surface area contributed by atoms with Crippen molar-refractivity contribution in [2.45, 2.75) is 6.10 Å². The van der Waals surface area contributed by atoms with Crippen molar-refractivity contribution >= 4 is 45.6 Å². The average Bonchev–Trinajstić information content (AvgIpc) is 2.93. The molecule has 3 rings (SSSR count). The van der Waals surface area contributed by atoms with Crippen molar-refractivity contribution in [3.05, 3.63) is 58.6 Å². The molecule has 170 valence electrons. The lowest BCUT2D eigenvalue weighted by molar-refractivity contribution is 0.0303. The summed E-state index contributed by atoms with van der Waals surface area (Å²) in [6.07, 6.45) is 1.94. The van der Waals surface area contributed by atoms with E-state index in [9.17, 15) is 17.6 Å². The maximum absolute atomic E-state index is 13.9. The summed E-state index contributed by atoms with van der Waals surface area (Å²) in [7, 11) is -3.57. The van der Waals surface area contributed by atoms with E-state index in [2.05, 4.69) is 20.3 Å². The summed E-state index contributed by atoms with van der Waals surface area (Å²) in [5, 5.41) is 6.02. The van der Waals surface area contributed by atoms with Crippen molar-refractivity contribution < 1.29 is 22.3 Å². The van der Waals surface area contributed by atoms with Crippen LogP contribution in [0.15, 0.2) is 36.5 Å². The molecule has 3 N–H and O–H groups in total. The third kappa shape index (κ3) is 7.01. The van der Waals surface area contributed by atoms with Crippen LogP contribution in [0.3, 0.4) is 0 Å². The molecule has 1 aliphatic rings. The highest BCUT2D eigenvalue weighted by Crippen LogP contribution is 2.29. The van der Waals surface area contributed by atoms with Gasteiger partial charge in [0.2, 0.25) is 10.0 Å². The molecule has 0 radical (unpaired) electrons. The Morgan fingerprint density at radius 1 is 1.39 bits per heavy atom. The van der Waals surface area contributed by atoms with Gasteiger partial charge >= 0.3 is 0 Å². The summed E-state index contributed by atoms with van der Waals surface area (Å²) in [5.41, 5.74) is 0.667. The second-order valence-electron chi connectivity index (χ2n) is 6.91. The monoisotopic (exact) mass is 492 g/mol. The van der Waals surface area contributed by atoms with Crippen LogP contribution in [0.1, 0.15) is 22.2 Å². The lowest BCUT2D eigenvalue weighted by atomic mass is 9.95. The molecule has 1 saturated heterocycles. The van der Waals surface area contributed by atoms with Crippen molar-refractivity contribution in [1.82, 2.24) is 15.6 Å². The summed E-state index contributed by atoms with van der Waals surface area (Å²) >= 11 is 5.78. The van der Waals surface area contributed by atoms with E-state index in [1.54, 1.807) is 6.07 Å². The van der Waals surface area contributed by atoms with Gasteiger partial charge in [0.15, 0.2) is 5.69 Å². The Hall–Kier alpha value is -1.98. The molecule has 0 unspecified atom stereocenters. The SMILES string of the molecule is CS(=O)(=O)Nc1cccnc1C(=O)NC[C@@H]1CNCCO[C@H]1c1ccc(Cl)c(F)c1.Cl. The predicted octanol–water partition coefficient (Wildman–Crippen LogP) is 2.37. The van der Waals surface area contributed by atoms with E-state index >= 15 is 0 Å². The summed E-state index contributed by atoms with van der Waals surface area (Å²) in [5.74, 6) is -1.28. The molecule has 31 heavy (non-hydrogen) atoms. The summed E-state index contributed by atoms with van der Waals surface area (Å²) in [4.78, 5) is 16.7. The Balaban J connectivity index is 0.00000341. The number of pyridine rings is 1. The van der Waals surface area contributed by atoms with E-state index in [4.69, 9.17) is 16.3 Å². The molecule has 1 aliphatic heterocycles. The Labute approximate surface area is 191 Å². The zero-order chi connectivity index (χ0) is 21.7. The zero-order valence-corrected chi connectivity index (χ0v) is 19.0. The molecule has 0 saturated carbocycles. The maximum Gasteiger partial charge on any atom is 0.272 e. The number of rotatable bonds is 6.